The minimum Gasteiger partial charge on any atom is -0.480 e. The van der Waals surface area contributed by atoms with Crippen molar-refractivity contribution in [1.82, 2.24) is 10.2 Å². The maximum Gasteiger partial charge on any atom is 0.390 e. The van der Waals surface area contributed by atoms with Crippen LogP contribution in [0.4, 0.5) is 18.0 Å². The lowest BCUT2D eigenvalue weighted by atomic mass is 10.3. The van der Waals surface area contributed by atoms with Crippen LogP contribution in [0.5, 0.6) is 0 Å². The number of hydrogen-bond donors (Lipinski definition) is 2. The number of urea groups is 1. The van der Waals surface area contributed by atoms with Gasteiger partial charge in [0.15, 0.2) is 0 Å². The first kappa shape index (κ1) is 14.5. The van der Waals surface area contributed by atoms with Crippen molar-refractivity contribution in [3.63, 3.8) is 0 Å². The Bertz CT molecular complexity index is 268. The first-order chi connectivity index (χ1) is 7.13. The van der Waals surface area contributed by atoms with Crippen LogP contribution in [0.1, 0.15) is 13.3 Å². The molecule has 0 aromatic heterocycles. The topological polar surface area (TPSA) is 69.6 Å². The van der Waals surface area contributed by atoms with Crippen molar-refractivity contribution in [2.24, 2.45) is 0 Å². The van der Waals surface area contributed by atoms with Crippen LogP contribution < -0.4 is 5.32 Å². The Balaban J connectivity index is 4.05. The fourth-order valence-electron chi connectivity index (χ4n) is 0.753. The quantitative estimate of drug-likeness (QED) is 0.774. The van der Waals surface area contributed by atoms with Crippen molar-refractivity contribution in [2.75, 3.05) is 13.6 Å². The number of aliphatic carboxylic acids is 1. The first-order valence-corrected chi connectivity index (χ1v) is 4.44. The fraction of sp³-hybridized carbons (Fsp3) is 0.750. The molecule has 0 aliphatic rings. The lowest BCUT2D eigenvalue weighted by Crippen LogP contribution is -2.45. The molecule has 0 radical (unpaired) electrons. The van der Waals surface area contributed by atoms with E-state index in [9.17, 15) is 22.8 Å². The van der Waals surface area contributed by atoms with Gasteiger partial charge < -0.3 is 15.3 Å². The van der Waals surface area contributed by atoms with E-state index in [1.54, 1.807) is 0 Å². The number of carbonyl (C=O) groups excluding carboxylic acids is 1. The van der Waals surface area contributed by atoms with Crippen LogP contribution in [0, 0.1) is 0 Å². The van der Waals surface area contributed by atoms with Gasteiger partial charge in [-0.2, -0.15) is 13.2 Å². The molecule has 1 atom stereocenters. The number of carboxylic acids is 1. The van der Waals surface area contributed by atoms with Crippen LogP contribution in [0.2, 0.25) is 0 Å². The van der Waals surface area contributed by atoms with E-state index in [0.29, 0.717) is 0 Å². The van der Waals surface area contributed by atoms with Crippen molar-refractivity contribution in [3.8, 4) is 0 Å². The highest BCUT2D eigenvalue weighted by molar-refractivity contribution is 5.82. The summed E-state index contributed by atoms with van der Waals surface area (Å²) in [6.45, 7) is 0.708. The Kier molecular flexibility index (Phi) is 5.06. The van der Waals surface area contributed by atoms with Gasteiger partial charge in [0, 0.05) is 13.6 Å². The largest absolute Gasteiger partial charge is 0.480 e. The minimum absolute atomic E-state index is 0.512. The summed E-state index contributed by atoms with van der Waals surface area (Å²) in [5, 5.41) is 10.5. The van der Waals surface area contributed by atoms with Crippen molar-refractivity contribution < 1.29 is 27.9 Å². The molecule has 0 unspecified atom stereocenters. The molecule has 0 aromatic carbocycles. The van der Waals surface area contributed by atoms with Gasteiger partial charge in [-0.3, -0.25) is 4.79 Å². The molecular weight excluding hydrogens is 229 g/mol. The number of carboxylic acid groups (broad SMARTS) is 1. The Morgan fingerprint density at radius 1 is 1.44 bits per heavy atom. The van der Waals surface area contributed by atoms with E-state index in [2.05, 4.69) is 0 Å². The molecule has 0 heterocycles. The monoisotopic (exact) mass is 242 g/mol. The standard InChI is InChI=1S/C8H13F3N2O3/c1-5(6(14)15)12-7(16)13(2)4-3-8(9,10)11/h5H,3-4H2,1-2H3,(H,12,16)(H,14,15)/t5-/m0/s1. The molecule has 0 bridgehead atoms. The number of carbonyl (C=O) groups is 2. The molecule has 0 aliphatic heterocycles. The van der Waals surface area contributed by atoms with E-state index in [0.717, 1.165) is 11.9 Å². The molecule has 94 valence electrons. The Hall–Kier alpha value is -1.47. The van der Waals surface area contributed by atoms with Gasteiger partial charge in [0.1, 0.15) is 6.04 Å². The average molecular weight is 242 g/mol. The van der Waals surface area contributed by atoms with Gasteiger partial charge in [-0.1, -0.05) is 0 Å². The second-order valence-corrected chi connectivity index (χ2v) is 3.30. The van der Waals surface area contributed by atoms with E-state index in [1.165, 1.54) is 6.92 Å². The summed E-state index contributed by atoms with van der Waals surface area (Å²) in [6.07, 6.45) is -5.47. The average Bonchev–Trinajstić information content (AvgIpc) is 2.12. The molecule has 5 nitrogen and oxygen atoms in total. The van der Waals surface area contributed by atoms with E-state index in [1.807, 2.05) is 5.32 Å². The van der Waals surface area contributed by atoms with Crippen molar-refractivity contribution in [1.29, 1.82) is 0 Å². The van der Waals surface area contributed by atoms with E-state index in [4.69, 9.17) is 5.11 Å². The predicted molar refractivity (Wildman–Crippen MR) is 48.9 cm³/mol. The summed E-state index contributed by atoms with van der Waals surface area (Å²) in [7, 11) is 1.16. The normalized spacial score (nSPS) is 13.1. The number of halogens is 3. The summed E-state index contributed by atoms with van der Waals surface area (Å²) in [5.74, 6) is -1.25. The molecule has 8 heteroatoms. The third kappa shape index (κ3) is 6.10. The number of nitrogens with zero attached hydrogens (tertiary/aromatic N) is 1. The van der Waals surface area contributed by atoms with Crippen molar-refractivity contribution in [2.45, 2.75) is 25.6 Å². The van der Waals surface area contributed by atoms with E-state index < -0.39 is 37.2 Å². The second-order valence-electron chi connectivity index (χ2n) is 3.30. The lowest BCUT2D eigenvalue weighted by molar-refractivity contribution is -0.139. The highest BCUT2D eigenvalue weighted by Gasteiger charge is 2.28. The molecule has 0 aliphatic carbocycles. The Morgan fingerprint density at radius 3 is 2.31 bits per heavy atom. The van der Waals surface area contributed by atoms with Gasteiger partial charge >= 0.3 is 18.2 Å². The molecule has 2 amide bonds. The highest BCUT2D eigenvalue weighted by atomic mass is 19.4. The molecule has 0 rings (SSSR count). The van der Waals surface area contributed by atoms with E-state index >= 15 is 0 Å². The molecule has 16 heavy (non-hydrogen) atoms. The Labute approximate surface area is 90.2 Å². The number of hydrogen-bond acceptors (Lipinski definition) is 2. The molecule has 0 saturated carbocycles. The zero-order valence-corrected chi connectivity index (χ0v) is 8.84. The number of nitrogens with one attached hydrogen (secondary N) is 1. The SMILES string of the molecule is C[C@H](NC(=O)N(C)CCC(F)(F)F)C(=O)O. The van der Waals surface area contributed by atoms with Gasteiger partial charge in [0.05, 0.1) is 6.42 Å². The summed E-state index contributed by atoms with van der Waals surface area (Å²) >= 11 is 0. The van der Waals surface area contributed by atoms with Gasteiger partial charge in [0.25, 0.3) is 0 Å². The zero-order valence-electron chi connectivity index (χ0n) is 8.84. The maximum atomic E-state index is 11.8. The summed E-state index contributed by atoms with van der Waals surface area (Å²) in [5.41, 5.74) is 0. The zero-order chi connectivity index (χ0) is 12.9. The molecule has 2 N–H and O–H groups in total. The van der Waals surface area contributed by atoms with Crippen molar-refractivity contribution in [3.05, 3.63) is 0 Å². The minimum atomic E-state index is -4.34. The number of alkyl halides is 3. The van der Waals surface area contributed by atoms with Gasteiger partial charge in [-0.15, -0.1) is 0 Å². The predicted octanol–water partition coefficient (Wildman–Crippen LogP) is 1.05. The summed E-state index contributed by atoms with van der Waals surface area (Å²) in [6, 6.07) is -1.99. The van der Waals surface area contributed by atoms with E-state index in [-0.39, 0.29) is 0 Å². The van der Waals surface area contributed by atoms with Crippen LogP contribution in [-0.4, -0.2) is 47.8 Å². The molecule has 0 aromatic rings. The highest BCUT2D eigenvalue weighted by Crippen LogP contribution is 2.19. The maximum absolute atomic E-state index is 11.8. The molecule has 0 saturated heterocycles. The van der Waals surface area contributed by atoms with Crippen LogP contribution in [0.3, 0.4) is 0 Å². The number of rotatable bonds is 4. The smallest absolute Gasteiger partial charge is 0.390 e. The molecule has 0 fully saturated rings. The molecular formula is C8H13F3N2O3. The summed E-state index contributed by atoms with van der Waals surface area (Å²) in [4.78, 5) is 22.3. The van der Waals surface area contributed by atoms with Gasteiger partial charge in [0.2, 0.25) is 0 Å². The van der Waals surface area contributed by atoms with Gasteiger partial charge in [-0.05, 0) is 6.92 Å². The van der Waals surface area contributed by atoms with Crippen LogP contribution in [0.15, 0.2) is 0 Å². The van der Waals surface area contributed by atoms with Gasteiger partial charge in [-0.25, -0.2) is 4.79 Å². The van der Waals surface area contributed by atoms with Crippen LogP contribution in [0.25, 0.3) is 0 Å². The Morgan fingerprint density at radius 2 is 1.94 bits per heavy atom. The van der Waals surface area contributed by atoms with Crippen molar-refractivity contribution >= 4 is 12.0 Å². The first-order valence-electron chi connectivity index (χ1n) is 4.44. The fourth-order valence-corrected chi connectivity index (χ4v) is 0.753. The summed E-state index contributed by atoms with van der Waals surface area (Å²) < 4.78 is 35.5. The van der Waals surface area contributed by atoms with Crippen LogP contribution in [-0.2, 0) is 4.79 Å². The molecule has 0 spiro atoms. The number of amides is 2. The third-order valence-corrected chi connectivity index (χ3v) is 1.79. The third-order valence-electron chi connectivity index (χ3n) is 1.79. The lowest BCUT2D eigenvalue weighted by Gasteiger charge is -2.20. The second kappa shape index (κ2) is 5.57. The van der Waals surface area contributed by atoms with Crippen LogP contribution >= 0.6 is 0 Å².